The second-order valence-electron chi connectivity index (χ2n) is 19.4. The summed E-state index contributed by atoms with van der Waals surface area (Å²) in [6.07, 6.45) is 0.950. The first-order valence-corrected chi connectivity index (χ1v) is 42.5. The van der Waals surface area contributed by atoms with Gasteiger partial charge in [-0.2, -0.15) is 0 Å². The third-order valence-electron chi connectivity index (χ3n) is 6.67. The lowest BCUT2D eigenvalue weighted by atomic mass is 10.4. The molecule has 0 saturated heterocycles. The number of carbonyl (C=O) groups is 3. The normalized spacial score (nSPS) is 15.0. The summed E-state index contributed by atoms with van der Waals surface area (Å²) in [5, 5.41) is 0. The Hall–Kier alpha value is -0.915. The van der Waals surface area contributed by atoms with Gasteiger partial charge in [0.1, 0.15) is 0 Å². The highest BCUT2D eigenvalue weighted by molar-refractivity contribution is 6.94. The number of carbonyl (C=O) groups excluding carboxylic acids is 3. The maximum Gasteiger partial charge on any atom is 0.515 e. The van der Waals surface area contributed by atoms with E-state index >= 15 is 0 Å². The molecule has 0 spiro atoms. The average Bonchev–Trinajstić information content (AvgIpc) is 2.95. The van der Waals surface area contributed by atoms with E-state index in [9.17, 15) is 14.4 Å². The molecule has 2 atom stereocenters. The Morgan fingerprint density at radius 3 is 1.02 bits per heavy atom. The predicted octanol–water partition coefficient (Wildman–Crippen LogP) is 9.55. The van der Waals surface area contributed by atoms with Crippen molar-refractivity contribution in [3.8, 4) is 0 Å². The van der Waals surface area contributed by atoms with Crippen molar-refractivity contribution in [1.82, 2.24) is 0 Å². The van der Waals surface area contributed by atoms with Gasteiger partial charge in [0.2, 0.25) is 0 Å². The fraction of sp³-hybridized carbons (Fsp3) is 0.750. The van der Waals surface area contributed by atoms with Crippen LogP contribution in [0.2, 0.25) is 110 Å². The van der Waals surface area contributed by atoms with Crippen molar-refractivity contribution in [2.24, 2.45) is 0 Å². The molecule has 13 nitrogen and oxygen atoms in total. The highest BCUT2D eigenvalue weighted by atomic mass is 28.6. The van der Waals surface area contributed by atoms with E-state index in [4.69, 9.17) is 43.0 Å². The first-order valence-electron chi connectivity index (χ1n) is 19.8. The molecule has 0 bridgehead atoms. The maximum absolute atomic E-state index is 13.4. The number of hydrogen-bond acceptors (Lipinski definition) is 13. The Kier molecular flexibility index (Phi) is 21.9. The van der Waals surface area contributed by atoms with Crippen molar-refractivity contribution in [3.63, 3.8) is 0 Å². The second kappa shape index (κ2) is 22.3. The van der Waals surface area contributed by atoms with Crippen molar-refractivity contribution in [1.29, 1.82) is 0 Å². The van der Waals surface area contributed by atoms with E-state index in [1.807, 2.05) is 65.8 Å². The molecule has 0 aliphatic heterocycles. The zero-order valence-corrected chi connectivity index (χ0v) is 47.0. The van der Waals surface area contributed by atoms with E-state index < -0.39 is 91.6 Å². The molecule has 0 aliphatic rings. The van der Waals surface area contributed by atoms with Crippen LogP contribution in [0.3, 0.4) is 0 Å². The van der Waals surface area contributed by atoms with Crippen molar-refractivity contribution in [3.05, 3.63) is 36.5 Å². The van der Waals surface area contributed by atoms with Crippen LogP contribution in [0.15, 0.2) is 36.5 Å². The largest absolute Gasteiger partial charge is 0.515 e. The van der Waals surface area contributed by atoms with E-state index in [1.165, 1.54) is 0 Å². The van der Waals surface area contributed by atoms with Gasteiger partial charge in [0.25, 0.3) is 0 Å². The van der Waals surface area contributed by atoms with Crippen LogP contribution in [-0.4, -0.2) is 105 Å². The molecule has 0 radical (unpaired) electrons. The first-order chi connectivity index (χ1) is 25.4. The summed E-state index contributed by atoms with van der Waals surface area (Å²) in [5.74, 6) is -1.60. The maximum atomic E-state index is 13.4. The molecule has 0 heterocycles. The molecular weight excluding hydrogens is 865 g/mol. The van der Waals surface area contributed by atoms with E-state index in [1.54, 1.807) is 20.8 Å². The van der Waals surface area contributed by atoms with Crippen LogP contribution in [0.5, 0.6) is 0 Å². The first kappa shape index (κ1) is 56.1. The van der Waals surface area contributed by atoms with Crippen LogP contribution in [0.1, 0.15) is 47.0 Å². The van der Waals surface area contributed by atoms with Crippen LogP contribution in [0.25, 0.3) is 0 Å². The molecule has 332 valence electrons. The van der Waals surface area contributed by atoms with E-state index in [0.29, 0.717) is 18.4 Å². The molecule has 0 fully saturated rings. The van der Waals surface area contributed by atoms with Crippen LogP contribution >= 0.6 is 0 Å². The minimum atomic E-state index is -4.23. The molecule has 0 N–H and O–H groups in total. The van der Waals surface area contributed by atoms with Crippen molar-refractivity contribution in [2.45, 2.75) is 163 Å². The Morgan fingerprint density at radius 2 is 0.754 bits per heavy atom. The zero-order valence-electron chi connectivity index (χ0n) is 39.0. The van der Waals surface area contributed by atoms with Crippen LogP contribution in [-0.2, 0) is 57.4 Å². The molecule has 0 rings (SSSR count). The van der Waals surface area contributed by atoms with E-state index in [-0.39, 0.29) is 42.9 Å². The lowest BCUT2D eigenvalue weighted by Gasteiger charge is -2.50. The van der Waals surface area contributed by atoms with Gasteiger partial charge in [-0.3, -0.25) is 0 Å². The predicted molar refractivity (Wildman–Crippen MR) is 247 cm³/mol. The van der Waals surface area contributed by atoms with Gasteiger partial charge in [0.05, 0.1) is 13.2 Å². The van der Waals surface area contributed by atoms with Gasteiger partial charge < -0.3 is 43.0 Å². The molecule has 0 aromatic carbocycles. The molecule has 21 heteroatoms. The van der Waals surface area contributed by atoms with Crippen LogP contribution in [0, 0.1) is 0 Å². The van der Waals surface area contributed by atoms with Crippen molar-refractivity contribution >= 4 is 85.9 Å². The zero-order chi connectivity index (χ0) is 45.1. The second-order valence-corrected chi connectivity index (χ2v) is 51.8. The molecule has 0 aromatic rings. The highest BCUT2D eigenvalue weighted by Gasteiger charge is 2.66. The highest BCUT2D eigenvalue weighted by Crippen LogP contribution is 2.39. The van der Waals surface area contributed by atoms with Gasteiger partial charge in [-0.15, -0.1) is 0 Å². The fourth-order valence-electron chi connectivity index (χ4n) is 5.19. The van der Waals surface area contributed by atoms with Gasteiger partial charge in [-0.1, -0.05) is 26.7 Å². The summed E-state index contributed by atoms with van der Waals surface area (Å²) in [4.78, 5) is 38.4. The smallest absolute Gasteiger partial charge is 0.462 e. The Labute approximate surface area is 354 Å². The third kappa shape index (κ3) is 23.6. The fourth-order valence-corrected chi connectivity index (χ4v) is 37.6. The standard InChI is InChI=1S/C36H78O13Si8/c1-23-33(42-36(39)32(6)7)57(46-53(17,18)19,47-54(20,21)22)49-56(45-52(14,15)16,29-25-27-41-35(38)31(4)5)48-55(43-50(8,9)10,44-51(11,12)13)28-24-26-40-34(37)30(2)3/h33H,2,4,6,23-29H2,1,3,5,7-22H3. The summed E-state index contributed by atoms with van der Waals surface area (Å²) >= 11 is 0. The minimum absolute atomic E-state index is 0.0253. The van der Waals surface area contributed by atoms with Gasteiger partial charge >= 0.3 is 44.3 Å². The minimum Gasteiger partial charge on any atom is -0.462 e. The number of rotatable bonds is 28. The SMILES string of the molecule is C=C(C)C(=O)OCCC[Si](O[Si](C)(C)C)(O[Si](C)(C)C)O[Si](CCCOC(=O)C(=C)C)(O[Si](C)(C)C)O[Si](O[Si](C)(C)C)(O[Si](C)(C)C)C(CC)OC(=O)C(=C)C. The molecule has 57 heavy (non-hydrogen) atoms. The molecule has 0 saturated carbocycles. The number of esters is 3. The van der Waals surface area contributed by atoms with E-state index in [0.717, 1.165) is 0 Å². The summed E-state index contributed by atoms with van der Waals surface area (Å²) < 4.78 is 68.6. The Balaban J connectivity index is 8.41. The summed E-state index contributed by atoms with van der Waals surface area (Å²) in [6, 6.07) is 0.441. The molecule has 2 unspecified atom stereocenters. The van der Waals surface area contributed by atoms with Gasteiger partial charge in [0.15, 0.2) is 47.3 Å². The molecule has 0 aromatic heterocycles. The summed E-state index contributed by atoms with van der Waals surface area (Å²) in [5.41, 5.74) is -0.152. The lowest BCUT2D eigenvalue weighted by molar-refractivity contribution is -0.143. The Morgan fingerprint density at radius 1 is 0.456 bits per heavy atom. The van der Waals surface area contributed by atoms with Gasteiger partial charge in [0, 0.05) is 28.8 Å². The van der Waals surface area contributed by atoms with Crippen LogP contribution in [0.4, 0.5) is 0 Å². The average molecular weight is 944 g/mol. The topological polar surface area (TPSA) is 144 Å². The third-order valence-corrected chi connectivity index (χ3v) is 33.0. The van der Waals surface area contributed by atoms with E-state index in [2.05, 4.69) is 59.0 Å². The quantitative estimate of drug-likeness (QED) is 0.0242. The molecular formula is C36H78O13Si8. The van der Waals surface area contributed by atoms with Gasteiger partial charge in [-0.25, -0.2) is 14.4 Å². The van der Waals surface area contributed by atoms with Gasteiger partial charge in [-0.05, 0) is 138 Å². The number of ether oxygens (including phenoxy) is 3. The monoisotopic (exact) mass is 942 g/mol. The van der Waals surface area contributed by atoms with Crippen molar-refractivity contribution < 1.29 is 57.4 Å². The van der Waals surface area contributed by atoms with Crippen molar-refractivity contribution in [2.75, 3.05) is 13.2 Å². The summed E-state index contributed by atoms with van der Waals surface area (Å²) in [6.45, 7) is 48.8. The summed E-state index contributed by atoms with van der Waals surface area (Å²) in [7, 11) is -25.1. The Bertz CT molecular complexity index is 1360. The molecule has 0 aliphatic carbocycles. The number of hydrogen-bond donors (Lipinski definition) is 0. The lowest BCUT2D eigenvalue weighted by Crippen LogP contribution is -2.73. The van der Waals surface area contributed by atoms with Crippen LogP contribution < -0.4 is 0 Å². The molecule has 0 amide bonds.